The predicted molar refractivity (Wildman–Crippen MR) is 75.8 cm³/mol. The Morgan fingerprint density at radius 3 is 2.65 bits per heavy atom. The van der Waals surface area contributed by atoms with E-state index >= 15 is 0 Å². The molecule has 0 saturated carbocycles. The number of aliphatic carboxylic acids is 1. The first-order valence-electron chi connectivity index (χ1n) is 6.13. The second kappa shape index (κ2) is 6.81. The molecule has 104 valence electrons. The van der Waals surface area contributed by atoms with Gasteiger partial charge in [0.25, 0.3) is 5.91 Å². The van der Waals surface area contributed by atoms with Crippen LogP contribution in [0.1, 0.15) is 21.7 Å². The lowest BCUT2D eigenvalue weighted by Gasteiger charge is -2.13. The Kier molecular flexibility index (Phi) is 4.84. The molecule has 2 rings (SSSR count). The number of thiazole rings is 1. The fourth-order valence-corrected chi connectivity index (χ4v) is 2.29. The Balaban J connectivity index is 1.94. The maximum Gasteiger partial charge on any atom is 0.326 e. The van der Waals surface area contributed by atoms with Gasteiger partial charge < -0.3 is 10.4 Å². The van der Waals surface area contributed by atoms with Gasteiger partial charge in [0.1, 0.15) is 10.9 Å². The highest BCUT2D eigenvalue weighted by molar-refractivity contribution is 7.11. The van der Waals surface area contributed by atoms with Crippen molar-refractivity contribution < 1.29 is 14.7 Å². The molecule has 6 heteroatoms. The summed E-state index contributed by atoms with van der Waals surface area (Å²) in [6.45, 7) is 0. The van der Waals surface area contributed by atoms with Gasteiger partial charge in [-0.2, -0.15) is 0 Å². The first-order valence-corrected chi connectivity index (χ1v) is 7.01. The van der Waals surface area contributed by atoms with E-state index in [1.807, 2.05) is 30.3 Å². The molecule has 1 heterocycles. The average molecular weight is 290 g/mol. The highest BCUT2D eigenvalue weighted by atomic mass is 32.1. The van der Waals surface area contributed by atoms with Gasteiger partial charge in [-0.1, -0.05) is 30.3 Å². The van der Waals surface area contributed by atoms with Crippen molar-refractivity contribution in [3.05, 3.63) is 52.5 Å². The number of carbonyl (C=O) groups is 2. The summed E-state index contributed by atoms with van der Waals surface area (Å²) in [6.07, 6.45) is 2.38. The molecule has 2 aromatic rings. The van der Waals surface area contributed by atoms with Gasteiger partial charge in [0, 0.05) is 0 Å². The minimum absolute atomic E-state index is 0.351. The molecule has 1 unspecified atom stereocenters. The first kappa shape index (κ1) is 14.2. The van der Waals surface area contributed by atoms with Crippen LogP contribution in [-0.2, 0) is 11.2 Å². The minimum atomic E-state index is -1.03. The number of hydrogen-bond donors (Lipinski definition) is 2. The third-order valence-electron chi connectivity index (χ3n) is 2.82. The number of benzene rings is 1. The van der Waals surface area contributed by atoms with Crippen LogP contribution in [0.5, 0.6) is 0 Å². The second-order valence-corrected chi connectivity index (χ2v) is 5.14. The van der Waals surface area contributed by atoms with Gasteiger partial charge in [0.15, 0.2) is 0 Å². The lowest BCUT2D eigenvalue weighted by atomic mass is 10.1. The largest absolute Gasteiger partial charge is 0.480 e. The highest BCUT2D eigenvalue weighted by Crippen LogP contribution is 2.08. The van der Waals surface area contributed by atoms with Gasteiger partial charge in [0.2, 0.25) is 0 Å². The van der Waals surface area contributed by atoms with E-state index in [9.17, 15) is 14.7 Å². The van der Waals surface area contributed by atoms with E-state index in [2.05, 4.69) is 10.3 Å². The molecule has 2 N–H and O–H groups in total. The number of amides is 1. The maximum atomic E-state index is 11.8. The number of carboxylic acids is 1. The topological polar surface area (TPSA) is 79.3 Å². The Bertz CT molecular complexity index is 569. The zero-order valence-corrected chi connectivity index (χ0v) is 11.5. The lowest BCUT2D eigenvalue weighted by Crippen LogP contribution is -2.40. The third-order valence-corrected chi connectivity index (χ3v) is 3.60. The lowest BCUT2D eigenvalue weighted by molar-refractivity contribution is -0.139. The van der Waals surface area contributed by atoms with Crippen molar-refractivity contribution in [1.82, 2.24) is 10.3 Å². The Morgan fingerprint density at radius 1 is 1.30 bits per heavy atom. The summed E-state index contributed by atoms with van der Waals surface area (Å²) < 4.78 is 0. The minimum Gasteiger partial charge on any atom is -0.480 e. The van der Waals surface area contributed by atoms with Crippen LogP contribution in [0.4, 0.5) is 0 Å². The van der Waals surface area contributed by atoms with E-state index in [-0.39, 0.29) is 0 Å². The van der Waals surface area contributed by atoms with E-state index in [0.717, 1.165) is 5.56 Å². The number of carbonyl (C=O) groups excluding carboxylic acids is 1. The van der Waals surface area contributed by atoms with Crippen LogP contribution in [0.3, 0.4) is 0 Å². The van der Waals surface area contributed by atoms with Crippen LogP contribution in [0, 0.1) is 0 Å². The Labute approximate surface area is 120 Å². The van der Waals surface area contributed by atoms with E-state index in [0.29, 0.717) is 17.7 Å². The van der Waals surface area contributed by atoms with Crippen molar-refractivity contribution in [2.45, 2.75) is 18.9 Å². The molecular formula is C14H14N2O3S. The molecule has 1 amide bonds. The number of aryl methyl sites for hydroxylation is 1. The smallest absolute Gasteiger partial charge is 0.326 e. The Hall–Kier alpha value is -2.21. The van der Waals surface area contributed by atoms with Crippen LogP contribution in [0.25, 0.3) is 0 Å². The fraction of sp³-hybridized carbons (Fsp3) is 0.214. The van der Waals surface area contributed by atoms with Gasteiger partial charge >= 0.3 is 5.97 Å². The number of carboxylic acid groups (broad SMARTS) is 1. The monoisotopic (exact) mass is 290 g/mol. The molecule has 5 nitrogen and oxygen atoms in total. The molecule has 0 saturated heterocycles. The second-order valence-electron chi connectivity index (χ2n) is 4.25. The molecule has 0 radical (unpaired) electrons. The van der Waals surface area contributed by atoms with Gasteiger partial charge in [-0.15, -0.1) is 11.3 Å². The molecule has 0 bridgehead atoms. The van der Waals surface area contributed by atoms with Gasteiger partial charge in [-0.25, -0.2) is 4.79 Å². The third kappa shape index (κ3) is 3.89. The van der Waals surface area contributed by atoms with Crippen LogP contribution in [-0.4, -0.2) is 28.0 Å². The first-order chi connectivity index (χ1) is 9.66. The number of rotatable bonds is 6. The average Bonchev–Trinajstić information content (AvgIpc) is 2.98. The highest BCUT2D eigenvalue weighted by Gasteiger charge is 2.21. The molecule has 0 aliphatic rings. The van der Waals surface area contributed by atoms with Crippen molar-refractivity contribution in [2.24, 2.45) is 0 Å². The molecule has 0 aliphatic carbocycles. The van der Waals surface area contributed by atoms with Gasteiger partial charge in [0.05, 0.1) is 11.7 Å². The van der Waals surface area contributed by atoms with Gasteiger partial charge in [-0.3, -0.25) is 9.78 Å². The zero-order valence-electron chi connectivity index (χ0n) is 10.7. The fourth-order valence-electron chi connectivity index (χ4n) is 1.77. The zero-order chi connectivity index (χ0) is 14.4. The number of aromatic nitrogens is 1. The van der Waals surface area contributed by atoms with Crippen molar-refractivity contribution in [3.8, 4) is 0 Å². The summed E-state index contributed by atoms with van der Waals surface area (Å²) in [5, 5.41) is 11.7. The number of hydrogen-bond acceptors (Lipinski definition) is 4. The molecule has 1 aromatic carbocycles. The number of nitrogens with one attached hydrogen (secondary N) is 1. The van der Waals surface area contributed by atoms with Crippen molar-refractivity contribution in [1.29, 1.82) is 0 Å². The summed E-state index contributed by atoms with van der Waals surface area (Å²) in [4.78, 5) is 27.2. The van der Waals surface area contributed by atoms with E-state index < -0.39 is 17.9 Å². The van der Waals surface area contributed by atoms with Crippen molar-refractivity contribution in [3.63, 3.8) is 0 Å². The van der Waals surface area contributed by atoms with E-state index in [4.69, 9.17) is 0 Å². The van der Waals surface area contributed by atoms with Crippen molar-refractivity contribution in [2.75, 3.05) is 0 Å². The summed E-state index contributed by atoms with van der Waals surface area (Å²) >= 11 is 1.18. The summed E-state index contributed by atoms with van der Waals surface area (Å²) in [6, 6.07) is 8.68. The molecule has 20 heavy (non-hydrogen) atoms. The van der Waals surface area contributed by atoms with Crippen LogP contribution in [0.15, 0.2) is 42.0 Å². The molecule has 0 fully saturated rings. The predicted octanol–water partition coefficient (Wildman–Crippen LogP) is 1.96. The molecular weight excluding hydrogens is 276 g/mol. The van der Waals surface area contributed by atoms with Gasteiger partial charge in [-0.05, 0) is 18.4 Å². The quantitative estimate of drug-likeness (QED) is 0.852. The molecule has 0 aliphatic heterocycles. The maximum absolute atomic E-state index is 11.8. The number of nitrogens with zero attached hydrogens (tertiary/aromatic N) is 1. The van der Waals surface area contributed by atoms with Crippen LogP contribution >= 0.6 is 11.3 Å². The molecule has 0 spiro atoms. The SMILES string of the molecule is O=C(NC(CCc1ccccc1)C(=O)O)c1cncs1. The van der Waals surface area contributed by atoms with Crippen LogP contribution in [0.2, 0.25) is 0 Å². The Morgan fingerprint density at radius 2 is 2.05 bits per heavy atom. The standard InChI is InChI=1S/C14H14N2O3S/c17-13(12-8-15-9-20-12)16-11(14(18)19)7-6-10-4-2-1-3-5-10/h1-5,8-9,11H,6-7H2,(H,16,17)(H,18,19). The van der Waals surface area contributed by atoms with Crippen LogP contribution < -0.4 is 5.32 Å². The summed E-state index contributed by atoms with van der Waals surface area (Å²) in [7, 11) is 0. The molecule has 1 atom stereocenters. The summed E-state index contributed by atoms with van der Waals surface area (Å²) in [5.74, 6) is -1.42. The molecule has 1 aromatic heterocycles. The normalized spacial score (nSPS) is 11.8. The summed E-state index contributed by atoms with van der Waals surface area (Å²) in [5.41, 5.74) is 2.58. The van der Waals surface area contributed by atoms with Crippen molar-refractivity contribution >= 4 is 23.2 Å². The van der Waals surface area contributed by atoms with E-state index in [1.54, 1.807) is 0 Å². The van der Waals surface area contributed by atoms with E-state index in [1.165, 1.54) is 23.0 Å².